The van der Waals surface area contributed by atoms with Crippen LogP contribution in [0.25, 0.3) is 11.1 Å². The minimum absolute atomic E-state index is 0.0564. The van der Waals surface area contributed by atoms with Gasteiger partial charge in [0.25, 0.3) is 0 Å². The van der Waals surface area contributed by atoms with Crippen LogP contribution in [-0.4, -0.2) is 54.3 Å². The summed E-state index contributed by atoms with van der Waals surface area (Å²) in [7, 11) is 0. The Morgan fingerprint density at radius 3 is 2.21 bits per heavy atom. The number of carboxylic acid groups (broad SMARTS) is 1. The van der Waals surface area contributed by atoms with E-state index in [2.05, 4.69) is 22.8 Å². The molecule has 0 saturated heterocycles. The standard InChI is InChI=1S/C25H30N2O5S/c1-16(24(29)30)11-13-26-23(28)22(12-14-33-2)27-25(31)32-15-21-19-9-5-3-7-17(19)18-8-4-6-10-20(18)21/h3-10,16,21-22H,11-15H2,1-2H3,(H,26,28)(H,27,31)(H,29,30)/t16?,22-/m1/s1. The summed E-state index contributed by atoms with van der Waals surface area (Å²) < 4.78 is 5.56. The average Bonchev–Trinajstić information content (AvgIpc) is 3.13. The monoisotopic (exact) mass is 470 g/mol. The first-order valence-electron chi connectivity index (χ1n) is 11.0. The van der Waals surface area contributed by atoms with Crippen LogP contribution in [0.2, 0.25) is 0 Å². The Hall–Kier alpha value is -3.00. The molecule has 2 atom stereocenters. The molecule has 1 unspecified atom stereocenters. The lowest BCUT2D eigenvalue weighted by Gasteiger charge is -2.20. The van der Waals surface area contributed by atoms with Crippen molar-refractivity contribution in [3.05, 3.63) is 59.7 Å². The number of aliphatic carboxylic acids is 1. The molecule has 3 rings (SSSR count). The van der Waals surface area contributed by atoms with Gasteiger partial charge in [-0.25, -0.2) is 4.79 Å². The van der Waals surface area contributed by atoms with Crippen molar-refractivity contribution >= 4 is 29.7 Å². The van der Waals surface area contributed by atoms with Crippen LogP contribution >= 0.6 is 11.8 Å². The Balaban J connectivity index is 1.58. The van der Waals surface area contributed by atoms with Gasteiger partial charge in [0, 0.05) is 12.5 Å². The van der Waals surface area contributed by atoms with Crippen LogP contribution in [0.4, 0.5) is 4.79 Å². The van der Waals surface area contributed by atoms with Crippen molar-refractivity contribution in [1.29, 1.82) is 0 Å². The molecule has 0 radical (unpaired) electrons. The first kappa shape index (κ1) is 24.6. The average molecular weight is 471 g/mol. The van der Waals surface area contributed by atoms with Gasteiger partial charge in [-0.05, 0) is 47.1 Å². The zero-order valence-corrected chi connectivity index (χ0v) is 19.7. The minimum atomic E-state index is -0.903. The van der Waals surface area contributed by atoms with E-state index >= 15 is 0 Å². The Kier molecular flexibility index (Phi) is 8.77. The molecule has 0 heterocycles. The molecule has 3 N–H and O–H groups in total. The van der Waals surface area contributed by atoms with Crippen molar-refractivity contribution in [2.75, 3.05) is 25.2 Å². The van der Waals surface area contributed by atoms with Gasteiger partial charge in [0.15, 0.2) is 0 Å². The number of carboxylic acids is 1. The lowest BCUT2D eigenvalue weighted by molar-refractivity contribution is -0.141. The highest BCUT2D eigenvalue weighted by molar-refractivity contribution is 7.98. The van der Waals surface area contributed by atoms with E-state index in [4.69, 9.17) is 9.84 Å². The number of alkyl carbamates (subject to hydrolysis) is 1. The molecular weight excluding hydrogens is 440 g/mol. The Bertz CT molecular complexity index is 951. The number of amides is 2. The molecule has 33 heavy (non-hydrogen) atoms. The number of hydrogen-bond acceptors (Lipinski definition) is 5. The summed E-state index contributed by atoms with van der Waals surface area (Å²) in [6, 6.07) is 15.5. The molecule has 1 aliphatic rings. The minimum Gasteiger partial charge on any atom is -0.481 e. The quantitative estimate of drug-likeness (QED) is 0.460. The van der Waals surface area contributed by atoms with E-state index in [9.17, 15) is 14.4 Å². The molecule has 0 spiro atoms. The topological polar surface area (TPSA) is 105 Å². The number of rotatable bonds is 11. The molecule has 0 aromatic heterocycles. The summed E-state index contributed by atoms with van der Waals surface area (Å²) >= 11 is 1.58. The van der Waals surface area contributed by atoms with E-state index in [1.54, 1.807) is 18.7 Å². The van der Waals surface area contributed by atoms with E-state index < -0.39 is 24.0 Å². The largest absolute Gasteiger partial charge is 0.481 e. The van der Waals surface area contributed by atoms with Crippen LogP contribution in [0.1, 0.15) is 36.8 Å². The van der Waals surface area contributed by atoms with Crippen molar-refractivity contribution in [2.45, 2.75) is 31.7 Å². The number of ether oxygens (including phenoxy) is 1. The van der Waals surface area contributed by atoms with Crippen LogP contribution in [0.5, 0.6) is 0 Å². The van der Waals surface area contributed by atoms with Gasteiger partial charge < -0.3 is 20.5 Å². The van der Waals surface area contributed by atoms with Crippen molar-refractivity contribution < 1.29 is 24.2 Å². The van der Waals surface area contributed by atoms with Gasteiger partial charge in [0.1, 0.15) is 12.6 Å². The lowest BCUT2D eigenvalue weighted by atomic mass is 9.98. The lowest BCUT2D eigenvalue weighted by Crippen LogP contribution is -2.47. The van der Waals surface area contributed by atoms with Crippen molar-refractivity contribution in [1.82, 2.24) is 10.6 Å². The summed E-state index contributed by atoms with van der Waals surface area (Å²) in [5.74, 6) is -1.16. The van der Waals surface area contributed by atoms with Gasteiger partial charge in [-0.15, -0.1) is 0 Å². The van der Waals surface area contributed by atoms with Gasteiger partial charge in [-0.3, -0.25) is 9.59 Å². The van der Waals surface area contributed by atoms with Crippen LogP contribution in [0.15, 0.2) is 48.5 Å². The Morgan fingerprint density at radius 2 is 1.64 bits per heavy atom. The number of nitrogens with one attached hydrogen (secondary N) is 2. The predicted octanol–water partition coefficient (Wildman–Crippen LogP) is 3.87. The molecule has 2 aromatic carbocycles. The molecule has 0 fully saturated rings. The van der Waals surface area contributed by atoms with E-state index in [1.807, 2.05) is 42.7 Å². The molecule has 1 aliphatic carbocycles. The molecule has 7 nitrogen and oxygen atoms in total. The van der Waals surface area contributed by atoms with Crippen molar-refractivity contribution in [3.8, 4) is 11.1 Å². The fourth-order valence-corrected chi connectivity index (χ4v) is 4.42. The summed E-state index contributed by atoms with van der Waals surface area (Å²) in [5.41, 5.74) is 4.54. The smallest absolute Gasteiger partial charge is 0.407 e. The Morgan fingerprint density at radius 1 is 1.03 bits per heavy atom. The fraction of sp³-hybridized carbons (Fsp3) is 0.400. The van der Waals surface area contributed by atoms with E-state index in [0.29, 0.717) is 18.6 Å². The number of fused-ring (bicyclic) bond motifs is 3. The molecular formula is C25H30N2O5S. The van der Waals surface area contributed by atoms with Crippen LogP contribution in [0.3, 0.4) is 0 Å². The molecule has 8 heteroatoms. The van der Waals surface area contributed by atoms with Gasteiger partial charge in [0.2, 0.25) is 5.91 Å². The third-order valence-corrected chi connectivity index (χ3v) is 6.51. The number of hydrogen-bond donors (Lipinski definition) is 3. The molecule has 0 aliphatic heterocycles. The van der Waals surface area contributed by atoms with Crippen LogP contribution < -0.4 is 10.6 Å². The second-order valence-corrected chi connectivity index (χ2v) is 9.11. The fourth-order valence-electron chi connectivity index (χ4n) is 3.95. The Labute approximate surface area is 198 Å². The number of thioether (sulfide) groups is 1. The van der Waals surface area contributed by atoms with Crippen LogP contribution in [-0.2, 0) is 14.3 Å². The van der Waals surface area contributed by atoms with E-state index in [1.165, 1.54) is 0 Å². The second-order valence-electron chi connectivity index (χ2n) is 8.12. The maximum absolute atomic E-state index is 12.6. The van der Waals surface area contributed by atoms with Crippen molar-refractivity contribution in [2.24, 2.45) is 5.92 Å². The molecule has 0 saturated carbocycles. The first-order valence-corrected chi connectivity index (χ1v) is 12.4. The highest BCUT2D eigenvalue weighted by Crippen LogP contribution is 2.44. The van der Waals surface area contributed by atoms with Gasteiger partial charge >= 0.3 is 12.1 Å². The highest BCUT2D eigenvalue weighted by atomic mass is 32.2. The maximum Gasteiger partial charge on any atom is 0.407 e. The SMILES string of the molecule is CSCC[C@@H](NC(=O)OCC1c2ccccc2-c2ccccc21)C(=O)NCCC(C)C(=O)O. The number of carbonyl (C=O) groups excluding carboxylic acids is 2. The first-order chi connectivity index (χ1) is 15.9. The van der Waals surface area contributed by atoms with Crippen molar-refractivity contribution in [3.63, 3.8) is 0 Å². The number of benzene rings is 2. The summed E-state index contributed by atoms with van der Waals surface area (Å²) in [6.07, 6.45) is 2.06. The summed E-state index contributed by atoms with van der Waals surface area (Å²) in [4.78, 5) is 36.1. The third-order valence-electron chi connectivity index (χ3n) is 5.86. The van der Waals surface area contributed by atoms with Gasteiger partial charge in [-0.1, -0.05) is 55.5 Å². The van der Waals surface area contributed by atoms with Gasteiger partial charge in [-0.2, -0.15) is 11.8 Å². The second kappa shape index (κ2) is 11.7. The normalized spacial score (nSPS) is 14.0. The van der Waals surface area contributed by atoms with E-state index in [-0.39, 0.29) is 25.0 Å². The van der Waals surface area contributed by atoms with E-state index in [0.717, 1.165) is 22.3 Å². The maximum atomic E-state index is 12.6. The molecule has 176 valence electrons. The summed E-state index contributed by atoms with van der Waals surface area (Å²) in [5, 5.41) is 14.4. The van der Waals surface area contributed by atoms with Crippen LogP contribution in [0, 0.1) is 5.92 Å². The molecule has 2 aromatic rings. The highest BCUT2D eigenvalue weighted by Gasteiger charge is 2.29. The zero-order chi connectivity index (χ0) is 23.8. The number of carbonyl (C=O) groups is 3. The zero-order valence-electron chi connectivity index (χ0n) is 18.9. The molecule has 0 bridgehead atoms. The third kappa shape index (κ3) is 6.28. The predicted molar refractivity (Wildman–Crippen MR) is 129 cm³/mol. The molecule has 2 amide bonds. The van der Waals surface area contributed by atoms with Gasteiger partial charge in [0.05, 0.1) is 5.92 Å². The summed E-state index contributed by atoms with van der Waals surface area (Å²) in [6.45, 7) is 2.00.